The van der Waals surface area contributed by atoms with E-state index in [9.17, 15) is 4.79 Å². The number of nitrogens with one attached hydrogen (secondary N) is 1. The molecule has 1 fully saturated rings. The van der Waals surface area contributed by atoms with Crippen molar-refractivity contribution in [3.05, 3.63) is 29.0 Å². The summed E-state index contributed by atoms with van der Waals surface area (Å²) in [6, 6.07) is 3.35. The summed E-state index contributed by atoms with van der Waals surface area (Å²) in [5, 5.41) is 3.04. The maximum atomic E-state index is 11.7. The van der Waals surface area contributed by atoms with Crippen LogP contribution in [0.25, 0.3) is 0 Å². The summed E-state index contributed by atoms with van der Waals surface area (Å²) in [6.45, 7) is 2.15. The van der Waals surface area contributed by atoms with Gasteiger partial charge in [-0.15, -0.1) is 0 Å². The molecule has 5 heteroatoms. The Labute approximate surface area is 112 Å². The average Bonchev–Trinajstić information content (AvgIpc) is 3.18. The van der Waals surface area contributed by atoms with E-state index in [0.29, 0.717) is 18.7 Å². The van der Waals surface area contributed by atoms with Crippen molar-refractivity contribution in [3.8, 4) is 0 Å². The van der Waals surface area contributed by atoms with E-state index in [4.69, 9.17) is 16.3 Å². The van der Waals surface area contributed by atoms with E-state index < -0.39 is 0 Å². The molecule has 2 rings (SSSR count). The maximum Gasteiger partial charge on any atom is 0.254 e. The van der Waals surface area contributed by atoms with Crippen LogP contribution >= 0.6 is 11.6 Å². The quantitative estimate of drug-likeness (QED) is 0.610. The number of rotatable bonds is 7. The van der Waals surface area contributed by atoms with Crippen LogP contribution in [0.3, 0.4) is 0 Å². The van der Waals surface area contributed by atoms with Gasteiger partial charge < -0.3 is 10.1 Å². The molecule has 0 spiro atoms. The van der Waals surface area contributed by atoms with Crippen LogP contribution in [-0.4, -0.2) is 30.6 Å². The second-order valence-corrected chi connectivity index (χ2v) is 4.83. The van der Waals surface area contributed by atoms with Gasteiger partial charge in [0.25, 0.3) is 5.91 Å². The van der Waals surface area contributed by atoms with Crippen molar-refractivity contribution in [2.45, 2.75) is 19.3 Å². The Morgan fingerprint density at radius 2 is 2.39 bits per heavy atom. The molecule has 1 N–H and O–H groups in total. The van der Waals surface area contributed by atoms with Crippen LogP contribution in [0.1, 0.15) is 29.6 Å². The van der Waals surface area contributed by atoms with Gasteiger partial charge in [0.05, 0.1) is 5.56 Å². The summed E-state index contributed by atoms with van der Waals surface area (Å²) in [7, 11) is 0. The zero-order valence-electron chi connectivity index (χ0n) is 10.2. The van der Waals surface area contributed by atoms with Gasteiger partial charge in [0.1, 0.15) is 5.15 Å². The lowest BCUT2D eigenvalue weighted by Crippen LogP contribution is -2.25. The SMILES string of the molecule is O=C(NCCCOCC1CC1)c1cccnc1Cl. The highest BCUT2D eigenvalue weighted by atomic mass is 35.5. The van der Waals surface area contributed by atoms with E-state index in [0.717, 1.165) is 18.9 Å². The summed E-state index contributed by atoms with van der Waals surface area (Å²) in [6.07, 6.45) is 4.98. The molecule has 98 valence electrons. The number of nitrogens with zero attached hydrogens (tertiary/aromatic N) is 1. The molecule has 4 nitrogen and oxygen atoms in total. The third-order valence-corrected chi connectivity index (χ3v) is 3.11. The topological polar surface area (TPSA) is 51.2 Å². The van der Waals surface area contributed by atoms with Gasteiger partial charge in [-0.25, -0.2) is 4.98 Å². The van der Waals surface area contributed by atoms with Crippen LogP contribution in [0.15, 0.2) is 18.3 Å². The molecule has 1 aromatic rings. The number of ether oxygens (including phenoxy) is 1. The molecule has 1 aliphatic carbocycles. The summed E-state index contributed by atoms with van der Waals surface area (Å²) >= 11 is 5.83. The highest BCUT2D eigenvalue weighted by Crippen LogP contribution is 2.28. The number of pyridine rings is 1. The zero-order valence-corrected chi connectivity index (χ0v) is 10.9. The molecule has 0 unspecified atom stereocenters. The number of carbonyl (C=O) groups is 1. The number of halogens is 1. The fourth-order valence-electron chi connectivity index (χ4n) is 1.56. The lowest BCUT2D eigenvalue weighted by atomic mass is 10.2. The second kappa shape index (κ2) is 6.71. The number of hydrogen-bond donors (Lipinski definition) is 1. The van der Waals surface area contributed by atoms with E-state index in [-0.39, 0.29) is 11.1 Å². The van der Waals surface area contributed by atoms with Crippen LogP contribution in [0, 0.1) is 5.92 Å². The van der Waals surface area contributed by atoms with Crippen LogP contribution < -0.4 is 5.32 Å². The first kappa shape index (κ1) is 13.3. The van der Waals surface area contributed by atoms with Gasteiger partial charge in [0.2, 0.25) is 0 Å². The molecule has 18 heavy (non-hydrogen) atoms. The molecule has 0 bridgehead atoms. The van der Waals surface area contributed by atoms with Crippen LogP contribution in [0.4, 0.5) is 0 Å². The van der Waals surface area contributed by atoms with Gasteiger partial charge in [-0.2, -0.15) is 0 Å². The van der Waals surface area contributed by atoms with E-state index in [1.807, 2.05) is 0 Å². The van der Waals surface area contributed by atoms with Gasteiger partial charge in [-0.1, -0.05) is 11.6 Å². The third-order valence-electron chi connectivity index (χ3n) is 2.81. The first-order valence-electron chi connectivity index (χ1n) is 6.24. The fourth-order valence-corrected chi connectivity index (χ4v) is 1.77. The standard InChI is InChI=1S/C13H17ClN2O2/c14-12-11(3-1-6-15-12)13(17)16-7-2-8-18-9-10-4-5-10/h1,3,6,10H,2,4-5,7-9H2,(H,16,17). The van der Waals surface area contributed by atoms with Crippen LogP contribution in [0.2, 0.25) is 5.15 Å². The van der Waals surface area contributed by atoms with Gasteiger partial charge in [0, 0.05) is 26.0 Å². The Balaban J connectivity index is 1.60. The summed E-state index contributed by atoms with van der Waals surface area (Å²) in [5.74, 6) is 0.601. The predicted molar refractivity (Wildman–Crippen MR) is 69.7 cm³/mol. The molecule has 1 saturated carbocycles. The largest absolute Gasteiger partial charge is 0.381 e. The highest BCUT2D eigenvalue weighted by molar-refractivity contribution is 6.32. The molecule has 1 amide bonds. The molecule has 1 heterocycles. The number of amides is 1. The molecule has 1 aromatic heterocycles. The van der Waals surface area contributed by atoms with Gasteiger partial charge in [-0.05, 0) is 37.3 Å². The average molecular weight is 269 g/mol. The minimum atomic E-state index is -0.185. The number of aromatic nitrogens is 1. The first-order valence-corrected chi connectivity index (χ1v) is 6.61. The highest BCUT2D eigenvalue weighted by Gasteiger charge is 2.20. The molecule has 0 saturated heterocycles. The van der Waals surface area contributed by atoms with E-state index in [2.05, 4.69) is 10.3 Å². The third kappa shape index (κ3) is 4.27. The fraction of sp³-hybridized carbons (Fsp3) is 0.538. The molecule has 0 radical (unpaired) electrons. The predicted octanol–water partition coefficient (Wildman–Crippen LogP) is 2.28. The molecule has 0 aromatic carbocycles. The Morgan fingerprint density at radius 1 is 1.56 bits per heavy atom. The normalized spacial score (nSPS) is 14.5. The maximum absolute atomic E-state index is 11.7. The van der Waals surface area contributed by atoms with Gasteiger partial charge in [0.15, 0.2) is 0 Å². The smallest absolute Gasteiger partial charge is 0.254 e. The second-order valence-electron chi connectivity index (χ2n) is 4.47. The van der Waals surface area contributed by atoms with Crippen LogP contribution in [0.5, 0.6) is 0 Å². The zero-order chi connectivity index (χ0) is 12.8. The Bertz CT molecular complexity index is 408. The Hall–Kier alpha value is -1.13. The van der Waals surface area contributed by atoms with E-state index in [1.54, 1.807) is 18.3 Å². The van der Waals surface area contributed by atoms with Crippen molar-refractivity contribution < 1.29 is 9.53 Å². The Kier molecular flexibility index (Phi) is 4.96. The molecular formula is C13H17ClN2O2. The van der Waals surface area contributed by atoms with E-state index in [1.165, 1.54) is 12.8 Å². The first-order chi connectivity index (χ1) is 8.77. The van der Waals surface area contributed by atoms with Crippen molar-refractivity contribution in [1.82, 2.24) is 10.3 Å². The summed E-state index contributed by atoms with van der Waals surface area (Å²) in [5.41, 5.74) is 0.415. The van der Waals surface area contributed by atoms with Crippen LogP contribution in [-0.2, 0) is 4.74 Å². The minimum absolute atomic E-state index is 0.185. The van der Waals surface area contributed by atoms with Crippen molar-refractivity contribution in [2.75, 3.05) is 19.8 Å². The monoisotopic (exact) mass is 268 g/mol. The van der Waals surface area contributed by atoms with Crippen molar-refractivity contribution >= 4 is 17.5 Å². The summed E-state index contributed by atoms with van der Waals surface area (Å²) in [4.78, 5) is 15.6. The Morgan fingerprint density at radius 3 is 3.11 bits per heavy atom. The van der Waals surface area contributed by atoms with Crippen molar-refractivity contribution in [2.24, 2.45) is 5.92 Å². The van der Waals surface area contributed by atoms with Gasteiger partial charge >= 0.3 is 0 Å². The molecule has 0 atom stereocenters. The minimum Gasteiger partial charge on any atom is -0.381 e. The van der Waals surface area contributed by atoms with Crippen molar-refractivity contribution in [1.29, 1.82) is 0 Å². The number of hydrogen-bond acceptors (Lipinski definition) is 3. The van der Waals surface area contributed by atoms with Crippen molar-refractivity contribution in [3.63, 3.8) is 0 Å². The van der Waals surface area contributed by atoms with Gasteiger partial charge in [-0.3, -0.25) is 4.79 Å². The number of carbonyl (C=O) groups excluding carboxylic acids is 1. The molecule has 1 aliphatic rings. The lowest BCUT2D eigenvalue weighted by molar-refractivity contribution is 0.0937. The summed E-state index contributed by atoms with van der Waals surface area (Å²) < 4.78 is 5.48. The van der Waals surface area contributed by atoms with E-state index >= 15 is 0 Å². The lowest BCUT2D eigenvalue weighted by Gasteiger charge is -2.06. The molecule has 0 aliphatic heterocycles. The molecular weight excluding hydrogens is 252 g/mol.